The van der Waals surface area contributed by atoms with Crippen molar-refractivity contribution in [1.82, 2.24) is 24.9 Å². The first-order valence-corrected chi connectivity index (χ1v) is 12.4. The van der Waals surface area contributed by atoms with Crippen molar-refractivity contribution in [2.24, 2.45) is 0 Å². The Kier molecular flexibility index (Phi) is 6.21. The van der Waals surface area contributed by atoms with Gasteiger partial charge < -0.3 is 15.4 Å². The first-order valence-electron chi connectivity index (χ1n) is 12.4. The van der Waals surface area contributed by atoms with Crippen molar-refractivity contribution in [3.8, 4) is 16.9 Å². The van der Waals surface area contributed by atoms with Gasteiger partial charge in [-0.3, -0.25) is 9.78 Å². The van der Waals surface area contributed by atoms with Crippen molar-refractivity contribution < 1.29 is 9.53 Å². The molecule has 1 aliphatic rings. The molecule has 184 valence electrons. The van der Waals surface area contributed by atoms with Gasteiger partial charge in [0, 0.05) is 47.9 Å². The Morgan fingerprint density at radius 3 is 2.59 bits per heavy atom. The van der Waals surface area contributed by atoms with Gasteiger partial charge in [0.05, 0.1) is 6.61 Å². The molecule has 5 aromatic rings. The third-order valence-electron chi connectivity index (χ3n) is 6.23. The molecule has 8 nitrogen and oxygen atoms in total. The van der Waals surface area contributed by atoms with E-state index >= 15 is 0 Å². The summed E-state index contributed by atoms with van der Waals surface area (Å²) < 4.78 is 7.67. The van der Waals surface area contributed by atoms with Crippen LogP contribution in [0.15, 0.2) is 91.4 Å². The fourth-order valence-corrected chi connectivity index (χ4v) is 4.08. The number of hydrogen-bond donors (Lipinski definition) is 2. The molecule has 1 fully saturated rings. The fraction of sp³-hybridized carbons (Fsp3) is 0.172. The van der Waals surface area contributed by atoms with Crippen LogP contribution < -0.4 is 15.4 Å². The molecule has 2 N–H and O–H groups in total. The van der Waals surface area contributed by atoms with Crippen molar-refractivity contribution >= 4 is 23.2 Å². The molecule has 0 aliphatic heterocycles. The number of amides is 1. The van der Waals surface area contributed by atoms with Gasteiger partial charge in [-0.2, -0.15) is 4.98 Å². The van der Waals surface area contributed by atoms with Gasteiger partial charge in [0.1, 0.15) is 5.75 Å². The highest BCUT2D eigenvalue weighted by Gasteiger charge is 2.23. The maximum atomic E-state index is 12.2. The number of ether oxygens (including phenoxy) is 1. The highest BCUT2D eigenvalue weighted by atomic mass is 16.5. The lowest BCUT2D eigenvalue weighted by atomic mass is 10.1. The van der Waals surface area contributed by atoms with Gasteiger partial charge >= 0.3 is 0 Å². The summed E-state index contributed by atoms with van der Waals surface area (Å²) in [5, 5.41) is 10.8. The quantitative estimate of drug-likeness (QED) is 0.300. The van der Waals surface area contributed by atoms with Gasteiger partial charge in [0.2, 0.25) is 5.95 Å². The van der Waals surface area contributed by atoms with Crippen LogP contribution in [0.2, 0.25) is 0 Å². The summed E-state index contributed by atoms with van der Waals surface area (Å²) in [7, 11) is 0. The monoisotopic (exact) mass is 490 g/mol. The summed E-state index contributed by atoms with van der Waals surface area (Å²) in [5.41, 5.74) is 5.35. The number of carbonyl (C=O) groups is 1. The normalized spacial score (nSPS) is 12.9. The minimum atomic E-state index is -0.0329. The predicted octanol–water partition coefficient (Wildman–Crippen LogP) is 5.05. The first-order chi connectivity index (χ1) is 18.2. The summed E-state index contributed by atoms with van der Waals surface area (Å²) in [6.07, 6.45) is 8.44. The predicted molar refractivity (Wildman–Crippen MR) is 142 cm³/mol. The van der Waals surface area contributed by atoms with E-state index in [0.29, 0.717) is 24.2 Å². The van der Waals surface area contributed by atoms with E-state index in [1.54, 1.807) is 10.7 Å². The average Bonchev–Trinajstić information content (AvgIpc) is 3.65. The molecule has 1 amide bonds. The van der Waals surface area contributed by atoms with Crippen LogP contribution in [-0.2, 0) is 6.42 Å². The number of rotatable bonds is 9. The number of anilines is 2. The molecular weight excluding hydrogens is 464 g/mol. The lowest BCUT2D eigenvalue weighted by molar-refractivity contribution is 0.0951. The number of nitrogens with one attached hydrogen (secondary N) is 2. The number of carbonyl (C=O) groups excluding carboxylic acids is 1. The summed E-state index contributed by atoms with van der Waals surface area (Å²) in [6, 6.07) is 23.6. The highest BCUT2D eigenvalue weighted by molar-refractivity contribution is 5.95. The molecule has 0 spiro atoms. The second-order valence-electron chi connectivity index (χ2n) is 9.06. The van der Waals surface area contributed by atoms with Gasteiger partial charge in [0.15, 0.2) is 5.65 Å². The van der Waals surface area contributed by atoms with Gasteiger partial charge in [-0.1, -0.05) is 18.2 Å². The minimum absolute atomic E-state index is 0.0329. The molecule has 3 aromatic heterocycles. The van der Waals surface area contributed by atoms with Crippen molar-refractivity contribution in [1.29, 1.82) is 0 Å². The van der Waals surface area contributed by atoms with Gasteiger partial charge in [-0.15, -0.1) is 5.10 Å². The summed E-state index contributed by atoms with van der Waals surface area (Å²) in [4.78, 5) is 21.1. The Balaban J connectivity index is 1.13. The fourth-order valence-electron chi connectivity index (χ4n) is 4.08. The number of aromatic nitrogens is 4. The standard InChI is InChI=1S/C29H26N6O2/c36-28(31-23-11-12-23)22-5-9-24(10-6-22)32-29-33-27-26(4-2-17-35(27)34-29)21-7-13-25(14-8-21)37-18-15-20-3-1-16-30-19-20/h1-10,13-14,16-17,19,23H,11-12,15,18H2,(H,31,36)(H,32,34). The molecule has 37 heavy (non-hydrogen) atoms. The topological polar surface area (TPSA) is 93.4 Å². The Morgan fingerprint density at radius 2 is 1.84 bits per heavy atom. The molecule has 0 unspecified atom stereocenters. The second kappa shape index (κ2) is 10.1. The van der Waals surface area contributed by atoms with E-state index in [9.17, 15) is 4.79 Å². The zero-order valence-corrected chi connectivity index (χ0v) is 20.2. The summed E-state index contributed by atoms with van der Waals surface area (Å²) >= 11 is 0. The molecule has 3 heterocycles. The molecule has 2 aromatic carbocycles. The van der Waals surface area contributed by atoms with Crippen LogP contribution in [0, 0.1) is 0 Å². The third kappa shape index (κ3) is 5.43. The van der Waals surface area contributed by atoms with Crippen LogP contribution >= 0.6 is 0 Å². The van der Waals surface area contributed by atoms with Crippen LogP contribution in [0.5, 0.6) is 5.75 Å². The minimum Gasteiger partial charge on any atom is -0.493 e. The van der Waals surface area contributed by atoms with Crippen molar-refractivity contribution in [2.75, 3.05) is 11.9 Å². The highest BCUT2D eigenvalue weighted by Crippen LogP contribution is 2.27. The Morgan fingerprint density at radius 1 is 1.00 bits per heavy atom. The average molecular weight is 491 g/mol. The van der Waals surface area contributed by atoms with E-state index in [-0.39, 0.29) is 5.91 Å². The van der Waals surface area contributed by atoms with E-state index in [1.807, 2.05) is 85.2 Å². The zero-order chi connectivity index (χ0) is 25.0. The molecular formula is C29H26N6O2. The summed E-state index contributed by atoms with van der Waals surface area (Å²) in [5.74, 6) is 1.27. The number of benzene rings is 2. The molecule has 0 radical (unpaired) electrons. The first kappa shape index (κ1) is 22.7. The number of hydrogen-bond acceptors (Lipinski definition) is 6. The van der Waals surface area contributed by atoms with Crippen LogP contribution in [0.1, 0.15) is 28.8 Å². The second-order valence-corrected chi connectivity index (χ2v) is 9.06. The Labute approximate surface area is 214 Å². The van der Waals surface area contributed by atoms with Crippen molar-refractivity contribution in [3.05, 3.63) is 103 Å². The van der Waals surface area contributed by atoms with Gasteiger partial charge in [-0.25, -0.2) is 4.52 Å². The smallest absolute Gasteiger partial charge is 0.251 e. The van der Waals surface area contributed by atoms with E-state index in [4.69, 9.17) is 9.72 Å². The third-order valence-corrected chi connectivity index (χ3v) is 6.23. The van der Waals surface area contributed by atoms with Crippen molar-refractivity contribution in [3.63, 3.8) is 0 Å². The van der Waals surface area contributed by atoms with E-state index in [1.165, 1.54) is 0 Å². The van der Waals surface area contributed by atoms with Crippen LogP contribution in [0.3, 0.4) is 0 Å². The van der Waals surface area contributed by atoms with E-state index < -0.39 is 0 Å². The van der Waals surface area contributed by atoms with Crippen LogP contribution in [-0.4, -0.2) is 38.1 Å². The Bertz CT molecular complexity index is 1510. The molecule has 1 saturated carbocycles. The molecule has 8 heteroatoms. The zero-order valence-electron chi connectivity index (χ0n) is 20.2. The molecule has 6 rings (SSSR count). The van der Waals surface area contributed by atoms with E-state index in [0.717, 1.165) is 53.0 Å². The Hall–Kier alpha value is -4.72. The molecule has 0 bridgehead atoms. The summed E-state index contributed by atoms with van der Waals surface area (Å²) in [6.45, 7) is 0.589. The van der Waals surface area contributed by atoms with Crippen LogP contribution in [0.25, 0.3) is 16.8 Å². The number of pyridine rings is 2. The SMILES string of the molecule is O=C(NC1CC1)c1ccc(Nc2nc3c(-c4ccc(OCCc5cccnc5)cc4)cccn3n2)cc1. The van der Waals surface area contributed by atoms with Gasteiger partial charge in [0.25, 0.3) is 5.91 Å². The number of nitrogens with zero attached hydrogens (tertiary/aromatic N) is 4. The number of fused-ring (bicyclic) bond motifs is 1. The lowest BCUT2D eigenvalue weighted by Gasteiger charge is -2.08. The molecule has 1 aliphatic carbocycles. The maximum absolute atomic E-state index is 12.2. The molecule has 0 saturated heterocycles. The van der Waals surface area contributed by atoms with Gasteiger partial charge in [-0.05, 0) is 78.6 Å². The van der Waals surface area contributed by atoms with Crippen molar-refractivity contribution in [2.45, 2.75) is 25.3 Å². The molecule has 0 atom stereocenters. The van der Waals surface area contributed by atoms with Crippen LogP contribution in [0.4, 0.5) is 11.6 Å². The van der Waals surface area contributed by atoms with E-state index in [2.05, 4.69) is 20.7 Å². The lowest BCUT2D eigenvalue weighted by Crippen LogP contribution is -2.25. The maximum Gasteiger partial charge on any atom is 0.251 e. The largest absolute Gasteiger partial charge is 0.493 e.